The minimum Gasteiger partial charge on any atom is -0.490 e. The van der Waals surface area contributed by atoms with Gasteiger partial charge in [0.15, 0.2) is 17.7 Å². The summed E-state index contributed by atoms with van der Waals surface area (Å²) in [4.78, 5) is 24.6. The highest BCUT2D eigenvalue weighted by atomic mass is 79.9. The minimum atomic E-state index is -1.13. The summed E-state index contributed by atoms with van der Waals surface area (Å²) in [5.41, 5.74) is 5.60. The van der Waals surface area contributed by atoms with E-state index in [4.69, 9.17) is 30.5 Å². The third-order valence-electron chi connectivity index (χ3n) is 6.35. The number of amides is 2. The molecule has 0 aromatic heterocycles. The molecule has 0 bridgehead atoms. The Labute approximate surface area is 268 Å². The molecule has 0 radical (unpaired) electrons. The van der Waals surface area contributed by atoms with Gasteiger partial charge >= 0.3 is 12.0 Å². The van der Waals surface area contributed by atoms with Gasteiger partial charge in [0.05, 0.1) is 36.0 Å². The van der Waals surface area contributed by atoms with Crippen LogP contribution in [0.4, 0.5) is 4.79 Å². The molecule has 2 amide bonds. The molecule has 11 nitrogen and oxygen atoms in total. The fraction of sp³-hybridized carbons (Fsp3) is 0.258. The number of benzene rings is 3. The molecule has 0 spiro atoms. The summed E-state index contributed by atoms with van der Waals surface area (Å²) in [5.74, 6) is 0.824. The first-order valence-corrected chi connectivity index (χ1v) is 14.7. The van der Waals surface area contributed by atoms with Gasteiger partial charge in [-0.05, 0) is 88.9 Å². The lowest BCUT2D eigenvalue weighted by molar-refractivity contribution is -0.136. The summed E-state index contributed by atoms with van der Waals surface area (Å²) >= 11 is 9.55. The Morgan fingerprint density at radius 1 is 1.11 bits per heavy atom. The molecule has 4 rings (SSSR count). The SMILES string of the molecule is CCOc1cc([C@H]2NC(=O)NC(C)=C2C(=O)OC)ccc1OC[C@H](O)N/N=C/c1ccc(OCc2cccc(Cl)c2)c(Br)c1. The summed E-state index contributed by atoms with van der Waals surface area (Å²) in [5, 5.41) is 20.5. The van der Waals surface area contributed by atoms with Crippen molar-refractivity contribution in [1.29, 1.82) is 0 Å². The number of hydrazone groups is 1. The van der Waals surface area contributed by atoms with Crippen molar-refractivity contribution in [2.75, 3.05) is 20.3 Å². The van der Waals surface area contributed by atoms with Crippen LogP contribution in [0.2, 0.25) is 5.02 Å². The van der Waals surface area contributed by atoms with Gasteiger partial charge in [-0.15, -0.1) is 0 Å². The highest BCUT2D eigenvalue weighted by molar-refractivity contribution is 9.10. The van der Waals surface area contributed by atoms with Crippen molar-refractivity contribution in [2.24, 2.45) is 5.10 Å². The van der Waals surface area contributed by atoms with E-state index in [1.165, 1.54) is 7.11 Å². The smallest absolute Gasteiger partial charge is 0.337 e. The Morgan fingerprint density at radius 3 is 2.64 bits per heavy atom. The van der Waals surface area contributed by atoms with Crippen LogP contribution in [0.25, 0.3) is 0 Å². The zero-order chi connectivity index (χ0) is 31.6. The Hall–Kier alpha value is -4.26. The van der Waals surface area contributed by atoms with Gasteiger partial charge in [-0.2, -0.15) is 5.10 Å². The number of aliphatic hydroxyl groups excluding tert-OH is 1. The molecule has 13 heteroatoms. The molecule has 3 aromatic carbocycles. The number of hydrogen-bond acceptors (Lipinski definition) is 9. The van der Waals surface area contributed by atoms with Gasteiger partial charge < -0.3 is 34.7 Å². The topological polar surface area (TPSA) is 140 Å². The number of aliphatic hydroxyl groups is 1. The summed E-state index contributed by atoms with van der Waals surface area (Å²) in [6.45, 7) is 4.00. The Balaban J connectivity index is 1.34. The molecule has 44 heavy (non-hydrogen) atoms. The fourth-order valence-electron chi connectivity index (χ4n) is 4.32. The lowest BCUT2D eigenvalue weighted by Crippen LogP contribution is -2.45. The van der Waals surface area contributed by atoms with Crippen molar-refractivity contribution in [1.82, 2.24) is 16.1 Å². The van der Waals surface area contributed by atoms with Crippen molar-refractivity contribution < 1.29 is 33.6 Å². The number of rotatable bonds is 13. The van der Waals surface area contributed by atoms with E-state index in [0.717, 1.165) is 15.6 Å². The number of esters is 1. The number of allylic oxidation sites excluding steroid dienone is 1. The summed E-state index contributed by atoms with van der Waals surface area (Å²) in [7, 11) is 1.27. The van der Waals surface area contributed by atoms with Crippen LogP contribution in [0.15, 0.2) is 81.5 Å². The van der Waals surface area contributed by atoms with E-state index in [1.54, 1.807) is 31.3 Å². The van der Waals surface area contributed by atoms with Crippen LogP contribution < -0.4 is 30.3 Å². The van der Waals surface area contributed by atoms with Crippen LogP contribution >= 0.6 is 27.5 Å². The zero-order valence-corrected chi connectivity index (χ0v) is 26.6. The van der Waals surface area contributed by atoms with Gasteiger partial charge in [0.2, 0.25) is 0 Å². The molecular formula is C31H32BrClN4O7. The maximum Gasteiger partial charge on any atom is 0.337 e. The lowest BCUT2D eigenvalue weighted by atomic mass is 9.95. The predicted octanol–water partition coefficient (Wildman–Crippen LogP) is 5.20. The standard InChI is InChI=1S/C31H32BrClN4O7/c1-4-42-26-14-21(29-28(30(39)41-3)18(2)35-31(40)36-29)9-11-25(26)44-17-27(38)37-34-15-19-8-10-24(23(32)13-19)43-16-20-6-5-7-22(33)12-20/h5-15,27,29,37-38H,4,16-17H2,1-3H3,(H2,35,36,40)/b34-15+/t27-,29+/m0/s1. The Kier molecular flexibility index (Phi) is 11.5. The van der Waals surface area contributed by atoms with Gasteiger partial charge in [-0.1, -0.05) is 29.8 Å². The van der Waals surface area contributed by atoms with Gasteiger partial charge in [-0.3, -0.25) is 5.43 Å². The number of carbonyl (C=O) groups is 2. The number of nitrogens with zero attached hydrogens (tertiary/aromatic N) is 1. The van der Waals surface area contributed by atoms with Crippen LogP contribution in [0.1, 0.15) is 36.6 Å². The van der Waals surface area contributed by atoms with Gasteiger partial charge in [0, 0.05) is 10.7 Å². The molecule has 0 saturated heterocycles. The van der Waals surface area contributed by atoms with Crippen LogP contribution in [-0.4, -0.2) is 49.9 Å². The molecule has 4 N–H and O–H groups in total. The number of methoxy groups -OCH3 is 1. The van der Waals surface area contributed by atoms with Crippen molar-refractivity contribution in [2.45, 2.75) is 32.7 Å². The quantitative estimate of drug-likeness (QED) is 0.0833. The third-order valence-corrected chi connectivity index (χ3v) is 7.20. The maximum absolute atomic E-state index is 12.4. The van der Waals surface area contributed by atoms with Crippen molar-refractivity contribution in [3.63, 3.8) is 0 Å². The van der Waals surface area contributed by atoms with E-state index in [9.17, 15) is 14.7 Å². The van der Waals surface area contributed by atoms with E-state index in [1.807, 2.05) is 49.4 Å². The van der Waals surface area contributed by atoms with E-state index >= 15 is 0 Å². The van der Waals surface area contributed by atoms with Crippen LogP contribution in [0.5, 0.6) is 17.2 Å². The molecule has 0 fully saturated rings. The average Bonchev–Trinajstić information content (AvgIpc) is 2.99. The Bertz CT molecular complexity index is 1570. The molecule has 0 aliphatic carbocycles. The summed E-state index contributed by atoms with van der Waals surface area (Å²) in [6.07, 6.45) is 0.418. The number of halogens is 2. The van der Waals surface area contributed by atoms with Crippen molar-refractivity contribution >= 4 is 45.7 Å². The molecule has 1 heterocycles. The zero-order valence-electron chi connectivity index (χ0n) is 24.2. The van der Waals surface area contributed by atoms with E-state index < -0.39 is 24.3 Å². The molecule has 2 atom stereocenters. The number of ether oxygens (including phenoxy) is 4. The molecule has 1 aliphatic rings. The third kappa shape index (κ3) is 8.65. The van der Waals surface area contributed by atoms with E-state index in [-0.39, 0.29) is 12.2 Å². The van der Waals surface area contributed by atoms with E-state index in [2.05, 4.69) is 37.1 Å². The lowest BCUT2D eigenvalue weighted by Gasteiger charge is -2.28. The van der Waals surface area contributed by atoms with Crippen LogP contribution in [0, 0.1) is 0 Å². The summed E-state index contributed by atoms with van der Waals surface area (Å²) < 4.78 is 23.1. The maximum atomic E-state index is 12.4. The second-order valence-corrected chi connectivity index (χ2v) is 10.8. The van der Waals surface area contributed by atoms with Crippen molar-refractivity contribution in [3.05, 3.63) is 98.1 Å². The number of hydrogen-bond donors (Lipinski definition) is 4. The average molecular weight is 688 g/mol. The van der Waals surface area contributed by atoms with Crippen molar-refractivity contribution in [3.8, 4) is 17.2 Å². The number of urea groups is 1. The van der Waals surface area contributed by atoms with Crippen LogP contribution in [0.3, 0.4) is 0 Å². The van der Waals surface area contributed by atoms with E-state index in [0.29, 0.717) is 46.7 Å². The Morgan fingerprint density at radius 2 is 1.91 bits per heavy atom. The van der Waals surface area contributed by atoms with Crippen LogP contribution in [-0.2, 0) is 16.1 Å². The number of carbonyl (C=O) groups excluding carboxylic acids is 2. The molecule has 0 unspecified atom stereocenters. The normalized spacial score (nSPS) is 15.3. The highest BCUT2D eigenvalue weighted by Crippen LogP contribution is 2.35. The largest absolute Gasteiger partial charge is 0.490 e. The first-order valence-electron chi connectivity index (χ1n) is 13.6. The fourth-order valence-corrected chi connectivity index (χ4v) is 5.05. The molecule has 3 aromatic rings. The summed E-state index contributed by atoms with van der Waals surface area (Å²) in [6, 6.07) is 16.7. The monoisotopic (exact) mass is 686 g/mol. The first kappa shape index (κ1) is 32.6. The molecular weight excluding hydrogens is 656 g/mol. The second kappa shape index (κ2) is 15.5. The minimum absolute atomic E-state index is 0.146. The first-order chi connectivity index (χ1) is 21.2. The second-order valence-electron chi connectivity index (χ2n) is 9.52. The molecule has 232 valence electrons. The highest BCUT2D eigenvalue weighted by Gasteiger charge is 2.32. The van der Waals surface area contributed by atoms with Gasteiger partial charge in [0.1, 0.15) is 19.0 Å². The van der Waals surface area contributed by atoms with Gasteiger partial charge in [0.25, 0.3) is 0 Å². The van der Waals surface area contributed by atoms with Gasteiger partial charge in [-0.25, -0.2) is 9.59 Å². The molecule has 0 saturated carbocycles. The number of nitrogens with one attached hydrogen (secondary N) is 3. The predicted molar refractivity (Wildman–Crippen MR) is 169 cm³/mol. The molecule has 1 aliphatic heterocycles.